The number of nitro benzene ring substituents is 1. The van der Waals surface area contributed by atoms with Crippen molar-refractivity contribution in [2.45, 2.75) is 12.3 Å². The van der Waals surface area contributed by atoms with Gasteiger partial charge in [0.05, 0.1) is 22.3 Å². The number of fused-ring (bicyclic) bond motifs is 3. The third-order valence-corrected chi connectivity index (χ3v) is 4.24. The van der Waals surface area contributed by atoms with Gasteiger partial charge >= 0.3 is 11.6 Å². The largest absolute Gasteiger partial charge is 0.425 e. The molecule has 0 radical (unpaired) electrons. The van der Waals surface area contributed by atoms with Gasteiger partial charge in [-0.05, 0) is 17.7 Å². The van der Waals surface area contributed by atoms with Gasteiger partial charge in [0.1, 0.15) is 5.58 Å². The quantitative estimate of drug-likeness (QED) is 0.308. The molecule has 7 nitrogen and oxygen atoms in total. The number of hydrogen-bond acceptors (Lipinski definition) is 6. The number of para-hydroxylation sites is 1. The minimum Gasteiger partial charge on any atom is -0.425 e. The number of hydrogen-bond donors (Lipinski definition) is 0. The van der Waals surface area contributed by atoms with E-state index in [9.17, 15) is 19.7 Å². The molecule has 0 bridgehead atoms. The highest BCUT2D eigenvalue weighted by molar-refractivity contribution is 5.90. The second-order valence-corrected chi connectivity index (χ2v) is 5.71. The van der Waals surface area contributed by atoms with E-state index in [4.69, 9.17) is 9.15 Å². The van der Waals surface area contributed by atoms with Gasteiger partial charge in [-0.25, -0.2) is 4.79 Å². The SMILES string of the molecule is O=C1C[C@@H](c2ccc([N+](=O)[O-])cc2)c2c(c3ccccc3oc2=O)O1. The van der Waals surface area contributed by atoms with Crippen LogP contribution < -0.4 is 10.4 Å². The zero-order valence-electron chi connectivity index (χ0n) is 12.8. The zero-order valence-corrected chi connectivity index (χ0v) is 12.8. The lowest BCUT2D eigenvalue weighted by Gasteiger charge is -2.24. The summed E-state index contributed by atoms with van der Waals surface area (Å²) in [5.74, 6) is -0.837. The normalized spacial score (nSPS) is 16.3. The van der Waals surface area contributed by atoms with E-state index in [1.165, 1.54) is 12.1 Å². The Labute approximate surface area is 140 Å². The number of ether oxygens (including phenoxy) is 1. The summed E-state index contributed by atoms with van der Waals surface area (Å²) in [4.78, 5) is 34.9. The minimum atomic E-state index is -0.579. The molecular formula is C18H11NO6. The smallest absolute Gasteiger partial charge is 0.343 e. The fourth-order valence-corrected chi connectivity index (χ4v) is 3.08. The monoisotopic (exact) mass is 337 g/mol. The lowest BCUT2D eigenvalue weighted by atomic mass is 9.86. The highest BCUT2D eigenvalue weighted by atomic mass is 16.6. The average Bonchev–Trinajstić information content (AvgIpc) is 2.61. The van der Waals surface area contributed by atoms with Crippen LogP contribution in [-0.2, 0) is 4.79 Å². The van der Waals surface area contributed by atoms with Gasteiger partial charge in [0.25, 0.3) is 5.69 Å². The molecule has 2 aromatic carbocycles. The molecule has 0 spiro atoms. The molecule has 1 atom stereocenters. The van der Waals surface area contributed by atoms with Crippen molar-refractivity contribution in [1.82, 2.24) is 0 Å². The summed E-state index contributed by atoms with van der Waals surface area (Å²) >= 11 is 0. The number of rotatable bonds is 2. The Bertz CT molecular complexity index is 1070. The third kappa shape index (κ3) is 2.46. The molecule has 0 unspecified atom stereocenters. The molecule has 7 heteroatoms. The lowest BCUT2D eigenvalue weighted by molar-refractivity contribution is -0.384. The first-order valence-electron chi connectivity index (χ1n) is 7.55. The molecule has 2 heterocycles. The molecule has 124 valence electrons. The van der Waals surface area contributed by atoms with Gasteiger partial charge in [-0.1, -0.05) is 24.3 Å². The van der Waals surface area contributed by atoms with Crippen LogP contribution in [0.1, 0.15) is 23.5 Å². The van der Waals surface area contributed by atoms with Gasteiger partial charge in [-0.2, -0.15) is 0 Å². The molecule has 0 saturated heterocycles. The molecule has 0 amide bonds. The summed E-state index contributed by atoms with van der Waals surface area (Å²) in [6, 6.07) is 12.6. The third-order valence-electron chi connectivity index (χ3n) is 4.24. The number of carbonyl (C=O) groups excluding carboxylic acids is 1. The number of benzene rings is 2. The predicted molar refractivity (Wildman–Crippen MR) is 87.7 cm³/mol. The molecule has 1 aliphatic heterocycles. The van der Waals surface area contributed by atoms with Crippen molar-refractivity contribution in [3.63, 3.8) is 0 Å². The maximum Gasteiger partial charge on any atom is 0.343 e. The topological polar surface area (TPSA) is 99.6 Å². The molecule has 1 aromatic heterocycles. The Kier molecular flexibility index (Phi) is 3.35. The molecule has 0 N–H and O–H groups in total. The number of nitro groups is 1. The molecule has 0 fully saturated rings. The fraction of sp³-hybridized carbons (Fsp3) is 0.111. The van der Waals surface area contributed by atoms with Crippen molar-refractivity contribution in [2.24, 2.45) is 0 Å². The standard InChI is InChI=1S/C18H11NO6/c20-15-9-13(10-5-7-11(8-6-10)19(22)23)16-17(25-15)12-3-1-2-4-14(12)24-18(16)21/h1-8,13H,9H2/t13-/m0/s1. The van der Waals surface area contributed by atoms with E-state index < -0.39 is 22.4 Å². The van der Waals surface area contributed by atoms with E-state index >= 15 is 0 Å². The summed E-state index contributed by atoms with van der Waals surface area (Å²) in [6.07, 6.45) is -0.0338. The van der Waals surface area contributed by atoms with Gasteiger partial charge in [-0.15, -0.1) is 0 Å². The summed E-state index contributed by atoms with van der Waals surface area (Å²) in [6.45, 7) is 0. The highest BCUT2D eigenvalue weighted by Gasteiger charge is 2.33. The van der Waals surface area contributed by atoms with Crippen molar-refractivity contribution in [3.05, 3.63) is 80.2 Å². The van der Waals surface area contributed by atoms with E-state index in [0.717, 1.165) is 0 Å². The molecular weight excluding hydrogens is 326 g/mol. The van der Waals surface area contributed by atoms with Crippen molar-refractivity contribution < 1.29 is 18.9 Å². The molecule has 0 aliphatic carbocycles. The van der Waals surface area contributed by atoms with Crippen LogP contribution in [-0.4, -0.2) is 10.9 Å². The summed E-state index contributed by atoms with van der Waals surface area (Å²) in [7, 11) is 0. The molecule has 4 rings (SSSR count). The van der Waals surface area contributed by atoms with E-state index in [-0.39, 0.29) is 23.4 Å². The van der Waals surface area contributed by atoms with Crippen molar-refractivity contribution >= 4 is 22.6 Å². The van der Waals surface area contributed by atoms with Gasteiger partial charge in [-0.3, -0.25) is 14.9 Å². The van der Waals surface area contributed by atoms with Crippen LogP contribution in [0.15, 0.2) is 57.7 Å². The Morgan fingerprint density at radius 1 is 1.04 bits per heavy atom. The molecule has 3 aromatic rings. The second kappa shape index (κ2) is 5.55. The maximum absolute atomic E-state index is 12.5. The van der Waals surface area contributed by atoms with Crippen LogP contribution in [0.3, 0.4) is 0 Å². The predicted octanol–water partition coefficient (Wildman–Crippen LogP) is 3.14. The van der Waals surface area contributed by atoms with Crippen molar-refractivity contribution in [1.29, 1.82) is 0 Å². The average molecular weight is 337 g/mol. The first-order chi connectivity index (χ1) is 12.0. The number of esters is 1. The fourth-order valence-electron chi connectivity index (χ4n) is 3.08. The van der Waals surface area contributed by atoms with Crippen LogP contribution in [0.25, 0.3) is 11.0 Å². The van der Waals surface area contributed by atoms with Crippen LogP contribution >= 0.6 is 0 Å². The highest BCUT2D eigenvalue weighted by Crippen LogP contribution is 2.40. The first-order valence-corrected chi connectivity index (χ1v) is 7.55. The number of nitrogens with zero attached hydrogens (tertiary/aromatic N) is 1. The van der Waals surface area contributed by atoms with Crippen LogP contribution in [0, 0.1) is 10.1 Å². The minimum absolute atomic E-state index is 0.0338. The van der Waals surface area contributed by atoms with Gasteiger partial charge in [0, 0.05) is 18.1 Å². The van der Waals surface area contributed by atoms with Gasteiger partial charge < -0.3 is 9.15 Å². The Hall–Kier alpha value is -3.48. The molecule has 1 aliphatic rings. The Morgan fingerprint density at radius 2 is 1.76 bits per heavy atom. The lowest BCUT2D eigenvalue weighted by Crippen LogP contribution is -2.26. The van der Waals surface area contributed by atoms with E-state index in [1.54, 1.807) is 36.4 Å². The first kappa shape index (κ1) is 15.1. The summed E-state index contributed by atoms with van der Waals surface area (Å²) < 4.78 is 10.7. The van der Waals surface area contributed by atoms with Crippen LogP contribution in [0.2, 0.25) is 0 Å². The molecule has 25 heavy (non-hydrogen) atoms. The van der Waals surface area contributed by atoms with E-state index in [2.05, 4.69) is 0 Å². The van der Waals surface area contributed by atoms with Gasteiger partial charge in [0.2, 0.25) is 0 Å². The Morgan fingerprint density at radius 3 is 2.48 bits per heavy atom. The van der Waals surface area contributed by atoms with E-state index in [1.807, 2.05) is 0 Å². The number of carbonyl (C=O) groups is 1. The van der Waals surface area contributed by atoms with Crippen molar-refractivity contribution in [3.8, 4) is 5.75 Å². The number of non-ortho nitro benzene ring substituents is 1. The summed E-state index contributed by atoms with van der Waals surface area (Å²) in [5, 5.41) is 11.3. The van der Waals surface area contributed by atoms with E-state index in [0.29, 0.717) is 16.5 Å². The van der Waals surface area contributed by atoms with Crippen LogP contribution in [0.5, 0.6) is 5.75 Å². The second-order valence-electron chi connectivity index (χ2n) is 5.71. The Balaban J connectivity index is 1.92. The zero-order chi connectivity index (χ0) is 17.6. The van der Waals surface area contributed by atoms with Crippen LogP contribution in [0.4, 0.5) is 5.69 Å². The molecule has 0 saturated carbocycles. The summed E-state index contributed by atoms with van der Waals surface area (Å²) in [5.41, 5.74) is 0.569. The van der Waals surface area contributed by atoms with Gasteiger partial charge in [0.15, 0.2) is 5.75 Å². The maximum atomic E-state index is 12.5. The van der Waals surface area contributed by atoms with Crippen molar-refractivity contribution in [2.75, 3.05) is 0 Å².